The predicted molar refractivity (Wildman–Crippen MR) is 92.6 cm³/mol. The topological polar surface area (TPSA) is 81.4 Å². The SMILES string of the molecule is C=CC1CN(S(=O)(=O)c2ccc(C)cc2)C/C1=C(/C#N)C(C)(C)O. The van der Waals surface area contributed by atoms with Gasteiger partial charge in [-0.05, 0) is 38.5 Å². The van der Waals surface area contributed by atoms with Gasteiger partial charge in [0.1, 0.15) is 0 Å². The van der Waals surface area contributed by atoms with Crippen molar-refractivity contribution < 1.29 is 13.5 Å². The van der Waals surface area contributed by atoms with Crippen LogP contribution in [0.25, 0.3) is 0 Å². The van der Waals surface area contributed by atoms with E-state index in [2.05, 4.69) is 6.58 Å². The summed E-state index contributed by atoms with van der Waals surface area (Å²) in [6.07, 6.45) is 1.63. The molecule has 1 saturated heterocycles. The fourth-order valence-corrected chi connectivity index (χ4v) is 4.27. The Labute approximate surface area is 143 Å². The Kier molecular flexibility index (Phi) is 5.00. The number of sulfonamides is 1. The normalized spacial score (nSPS) is 21.4. The molecule has 24 heavy (non-hydrogen) atoms. The minimum Gasteiger partial charge on any atom is -0.385 e. The Morgan fingerprint density at radius 3 is 2.46 bits per heavy atom. The Bertz CT molecular complexity index is 809. The van der Waals surface area contributed by atoms with Gasteiger partial charge in [0.25, 0.3) is 0 Å². The van der Waals surface area contributed by atoms with Crippen LogP contribution in [0.1, 0.15) is 19.4 Å². The van der Waals surface area contributed by atoms with E-state index >= 15 is 0 Å². The van der Waals surface area contributed by atoms with Crippen LogP contribution in [0, 0.1) is 24.2 Å². The van der Waals surface area contributed by atoms with Crippen LogP contribution < -0.4 is 0 Å². The van der Waals surface area contributed by atoms with Crippen LogP contribution in [-0.2, 0) is 10.0 Å². The molecule has 1 aromatic rings. The van der Waals surface area contributed by atoms with Crippen molar-refractivity contribution in [3.05, 3.63) is 53.6 Å². The first kappa shape index (κ1) is 18.4. The molecule has 1 aliphatic heterocycles. The number of benzene rings is 1. The molecule has 6 heteroatoms. The van der Waals surface area contributed by atoms with E-state index < -0.39 is 15.6 Å². The zero-order chi connectivity index (χ0) is 18.1. The van der Waals surface area contributed by atoms with E-state index in [0.717, 1.165) is 5.56 Å². The maximum Gasteiger partial charge on any atom is 0.243 e. The van der Waals surface area contributed by atoms with Gasteiger partial charge in [0.2, 0.25) is 10.0 Å². The lowest BCUT2D eigenvalue weighted by molar-refractivity contribution is 0.123. The number of rotatable bonds is 4. The van der Waals surface area contributed by atoms with Gasteiger partial charge in [-0.3, -0.25) is 0 Å². The number of nitrogens with zero attached hydrogens (tertiary/aromatic N) is 2. The lowest BCUT2D eigenvalue weighted by Gasteiger charge is -2.20. The zero-order valence-corrected chi connectivity index (χ0v) is 15.0. The summed E-state index contributed by atoms with van der Waals surface area (Å²) in [6.45, 7) is 8.99. The van der Waals surface area contributed by atoms with E-state index in [1.54, 1.807) is 30.3 Å². The second kappa shape index (κ2) is 6.52. The number of hydrogen-bond acceptors (Lipinski definition) is 4. The molecule has 1 fully saturated rings. The van der Waals surface area contributed by atoms with E-state index in [4.69, 9.17) is 0 Å². The van der Waals surface area contributed by atoms with Gasteiger partial charge in [-0.15, -0.1) is 6.58 Å². The lowest BCUT2D eigenvalue weighted by atomic mass is 9.89. The predicted octanol–water partition coefficient (Wildman–Crippen LogP) is 2.39. The van der Waals surface area contributed by atoms with Gasteiger partial charge in [-0.1, -0.05) is 23.8 Å². The molecule has 128 valence electrons. The summed E-state index contributed by atoms with van der Waals surface area (Å²) >= 11 is 0. The average molecular weight is 346 g/mol. The summed E-state index contributed by atoms with van der Waals surface area (Å²) in [5, 5.41) is 19.6. The number of nitriles is 1. The van der Waals surface area contributed by atoms with Gasteiger partial charge in [-0.25, -0.2) is 8.42 Å². The highest BCUT2D eigenvalue weighted by molar-refractivity contribution is 7.89. The fourth-order valence-electron chi connectivity index (χ4n) is 2.83. The van der Waals surface area contributed by atoms with Crippen LogP contribution >= 0.6 is 0 Å². The van der Waals surface area contributed by atoms with E-state index in [1.807, 2.05) is 13.0 Å². The Hall–Kier alpha value is -1.94. The average Bonchev–Trinajstić information content (AvgIpc) is 2.91. The van der Waals surface area contributed by atoms with Crippen LogP contribution in [0.5, 0.6) is 0 Å². The molecule has 1 unspecified atom stereocenters. The molecule has 0 spiro atoms. The molecular formula is C18H22N2O3S. The molecule has 0 saturated carbocycles. The van der Waals surface area contributed by atoms with Gasteiger partial charge in [0.15, 0.2) is 0 Å². The standard InChI is InChI=1S/C18H22N2O3S/c1-5-14-11-20(12-16(14)17(10-19)18(3,4)21)24(22,23)15-8-6-13(2)7-9-15/h5-9,14,21H,1,11-12H2,2-4H3/b17-16+. The highest BCUT2D eigenvalue weighted by Crippen LogP contribution is 2.34. The first-order valence-electron chi connectivity index (χ1n) is 7.66. The van der Waals surface area contributed by atoms with E-state index in [0.29, 0.717) is 5.57 Å². The molecule has 1 aliphatic rings. The molecule has 0 bridgehead atoms. The van der Waals surface area contributed by atoms with Crippen molar-refractivity contribution in [1.29, 1.82) is 5.26 Å². The smallest absolute Gasteiger partial charge is 0.243 e. The van der Waals surface area contributed by atoms with Crippen molar-refractivity contribution in [3.8, 4) is 6.07 Å². The third-order valence-corrected chi connectivity index (χ3v) is 6.01. The minimum atomic E-state index is -3.66. The van der Waals surface area contributed by atoms with Gasteiger partial charge in [-0.2, -0.15) is 9.57 Å². The van der Waals surface area contributed by atoms with E-state index in [9.17, 15) is 18.8 Å². The van der Waals surface area contributed by atoms with Gasteiger partial charge < -0.3 is 5.11 Å². The molecule has 1 atom stereocenters. The quantitative estimate of drug-likeness (QED) is 0.670. The lowest BCUT2D eigenvalue weighted by Crippen LogP contribution is -2.29. The summed E-state index contributed by atoms with van der Waals surface area (Å²) in [5.74, 6) is -0.286. The zero-order valence-electron chi connectivity index (χ0n) is 14.2. The highest BCUT2D eigenvalue weighted by Gasteiger charge is 2.38. The van der Waals surface area contributed by atoms with Crippen LogP contribution in [0.3, 0.4) is 0 Å². The second-order valence-electron chi connectivity index (χ2n) is 6.52. The monoisotopic (exact) mass is 346 g/mol. The summed E-state index contributed by atoms with van der Waals surface area (Å²) < 4.78 is 27.0. The molecule has 1 aromatic carbocycles. The van der Waals surface area contributed by atoms with Gasteiger partial charge in [0, 0.05) is 19.0 Å². The third-order valence-electron chi connectivity index (χ3n) is 4.18. The number of aliphatic hydroxyl groups is 1. The summed E-state index contributed by atoms with van der Waals surface area (Å²) in [5.41, 5.74) is 0.466. The first-order chi connectivity index (χ1) is 11.1. The Morgan fingerprint density at radius 1 is 1.42 bits per heavy atom. The van der Waals surface area contributed by atoms with Crippen molar-refractivity contribution in [1.82, 2.24) is 4.31 Å². The third kappa shape index (κ3) is 3.44. The number of aryl methyl sites for hydroxylation is 1. The largest absolute Gasteiger partial charge is 0.385 e. The molecule has 1 N–H and O–H groups in total. The molecule has 0 radical (unpaired) electrons. The van der Waals surface area contributed by atoms with E-state index in [1.165, 1.54) is 18.2 Å². The maximum atomic E-state index is 12.8. The second-order valence-corrected chi connectivity index (χ2v) is 8.46. The van der Waals surface area contributed by atoms with Crippen LogP contribution in [-0.4, -0.2) is 36.5 Å². The van der Waals surface area contributed by atoms with Crippen molar-refractivity contribution in [2.24, 2.45) is 5.92 Å². The van der Waals surface area contributed by atoms with Crippen molar-refractivity contribution in [2.45, 2.75) is 31.3 Å². The van der Waals surface area contributed by atoms with E-state index in [-0.39, 0.29) is 29.5 Å². The van der Waals surface area contributed by atoms with Crippen LogP contribution in [0.4, 0.5) is 0 Å². The molecular weight excluding hydrogens is 324 g/mol. The molecule has 0 amide bonds. The van der Waals surface area contributed by atoms with Crippen LogP contribution in [0.15, 0.2) is 53.0 Å². The van der Waals surface area contributed by atoms with Crippen molar-refractivity contribution in [2.75, 3.05) is 13.1 Å². The summed E-state index contributed by atoms with van der Waals surface area (Å²) in [4.78, 5) is 0.221. The molecule has 0 aromatic heterocycles. The fraction of sp³-hybridized carbons (Fsp3) is 0.389. The van der Waals surface area contributed by atoms with Crippen molar-refractivity contribution >= 4 is 10.0 Å². The highest BCUT2D eigenvalue weighted by atomic mass is 32.2. The number of hydrogen-bond donors (Lipinski definition) is 1. The van der Waals surface area contributed by atoms with Crippen LogP contribution in [0.2, 0.25) is 0 Å². The minimum absolute atomic E-state index is 0.0831. The molecule has 5 nitrogen and oxygen atoms in total. The first-order valence-corrected chi connectivity index (χ1v) is 9.10. The molecule has 2 rings (SSSR count). The molecule has 1 heterocycles. The molecule has 0 aliphatic carbocycles. The maximum absolute atomic E-state index is 12.8. The summed E-state index contributed by atoms with van der Waals surface area (Å²) in [6, 6.07) is 8.69. The van der Waals surface area contributed by atoms with Gasteiger partial charge in [0.05, 0.1) is 22.1 Å². The summed E-state index contributed by atoms with van der Waals surface area (Å²) in [7, 11) is -3.66. The van der Waals surface area contributed by atoms with Crippen molar-refractivity contribution in [3.63, 3.8) is 0 Å². The Balaban J connectivity index is 2.46. The Morgan fingerprint density at radius 2 is 2.00 bits per heavy atom. The van der Waals surface area contributed by atoms with Gasteiger partial charge >= 0.3 is 0 Å².